The molecule has 0 bridgehead atoms. The van der Waals surface area contributed by atoms with Gasteiger partial charge in [-0.3, -0.25) is 14.9 Å². The summed E-state index contributed by atoms with van der Waals surface area (Å²) in [5.41, 5.74) is 0.0428. The molecule has 1 aromatic carbocycles. The van der Waals surface area contributed by atoms with E-state index >= 15 is 0 Å². The van der Waals surface area contributed by atoms with Crippen LogP contribution in [0.4, 0.5) is 4.79 Å². The third kappa shape index (κ3) is 6.64. The molecular formula is C18H24Cl2N2O7. The fourth-order valence-corrected chi connectivity index (χ4v) is 3.21. The maximum Gasteiger partial charge on any atom is 0.415 e. The van der Waals surface area contributed by atoms with E-state index in [0.717, 1.165) is 0 Å². The summed E-state index contributed by atoms with van der Waals surface area (Å²) in [6.07, 6.45) is -1.04. The molecule has 0 saturated heterocycles. The first-order valence-electron chi connectivity index (χ1n) is 8.99. The average Bonchev–Trinajstić information content (AvgIpc) is 2.65. The number of amides is 1. The molecule has 162 valence electrons. The third-order valence-electron chi connectivity index (χ3n) is 4.10. The number of nitro groups is 1. The molecule has 0 spiro atoms. The van der Waals surface area contributed by atoms with Gasteiger partial charge in [-0.25, -0.2) is 4.79 Å². The molecule has 11 heteroatoms. The van der Waals surface area contributed by atoms with E-state index in [1.807, 2.05) is 0 Å². The second-order valence-electron chi connectivity index (χ2n) is 5.88. The van der Waals surface area contributed by atoms with Gasteiger partial charge in [0.05, 0.1) is 36.1 Å². The maximum atomic E-state index is 12.5. The topological polar surface area (TPSA) is 108 Å². The second-order valence-corrected chi connectivity index (χ2v) is 6.66. The SMILES string of the molecule is CCOC(=O)CC(C[N+](=O)[O-])c1c(Cl)c(Cl)cc(OC)c1OC(=O)N(CC)CC. The van der Waals surface area contributed by atoms with E-state index in [2.05, 4.69) is 0 Å². The molecule has 0 fully saturated rings. The second kappa shape index (κ2) is 11.7. The lowest BCUT2D eigenvalue weighted by molar-refractivity contribution is -0.483. The molecule has 1 aromatic rings. The number of methoxy groups -OCH3 is 1. The van der Waals surface area contributed by atoms with Crippen molar-refractivity contribution in [1.29, 1.82) is 0 Å². The summed E-state index contributed by atoms with van der Waals surface area (Å²) in [4.78, 5) is 36.6. The van der Waals surface area contributed by atoms with Crippen molar-refractivity contribution in [1.82, 2.24) is 4.90 Å². The largest absolute Gasteiger partial charge is 0.493 e. The minimum absolute atomic E-state index is 0.0401. The quantitative estimate of drug-likeness (QED) is 0.299. The first-order valence-corrected chi connectivity index (χ1v) is 9.75. The highest BCUT2D eigenvalue weighted by Crippen LogP contribution is 2.46. The molecule has 0 heterocycles. The van der Waals surface area contributed by atoms with E-state index in [4.69, 9.17) is 37.4 Å². The summed E-state index contributed by atoms with van der Waals surface area (Å²) >= 11 is 12.5. The van der Waals surface area contributed by atoms with Crippen LogP contribution in [0.5, 0.6) is 11.5 Å². The van der Waals surface area contributed by atoms with Crippen molar-refractivity contribution in [3.63, 3.8) is 0 Å². The van der Waals surface area contributed by atoms with E-state index in [1.165, 1.54) is 18.1 Å². The first kappa shape index (κ1) is 24.8. The zero-order valence-corrected chi connectivity index (χ0v) is 18.2. The maximum absolute atomic E-state index is 12.5. The van der Waals surface area contributed by atoms with Gasteiger partial charge in [-0.2, -0.15) is 0 Å². The molecule has 1 unspecified atom stereocenters. The van der Waals surface area contributed by atoms with Crippen LogP contribution in [0.1, 0.15) is 38.7 Å². The van der Waals surface area contributed by atoms with Gasteiger partial charge in [0, 0.05) is 29.6 Å². The smallest absolute Gasteiger partial charge is 0.415 e. The minimum atomic E-state index is -1.05. The fourth-order valence-electron chi connectivity index (χ4n) is 2.72. The number of nitrogens with zero attached hydrogens (tertiary/aromatic N) is 2. The summed E-state index contributed by atoms with van der Waals surface area (Å²) in [6, 6.07) is 1.34. The number of halogens is 2. The van der Waals surface area contributed by atoms with Crippen LogP contribution >= 0.6 is 23.2 Å². The molecule has 1 atom stereocenters. The molecule has 1 amide bonds. The molecule has 0 radical (unpaired) electrons. The molecule has 0 aromatic heterocycles. The zero-order valence-electron chi connectivity index (χ0n) is 16.7. The Hall–Kier alpha value is -2.26. The van der Waals surface area contributed by atoms with Crippen LogP contribution in [0.15, 0.2) is 6.07 Å². The standard InChI is InChI=1S/C18H24Cl2N2O7/c1-5-21(6-2)18(24)29-17-13(27-4)9-12(19)16(20)15(17)11(10-22(25)26)8-14(23)28-7-3/h9,11H,5-8,10H2,1-4H3. The number of benzene rings is 1. The van der Waals surface area contributed by atoms with Gasteiger partial charge in [0.15, 0.2) is 11.5 Å². The fraction of sp³-hybridized carbons (Fsp3) is 0.556. The normalized spacial score (nSPS) is 11.5. The summed E-state index contributed by atoms with van der Waals surface area (Å²) in [7, 11) is 1.33. The predicted octanol–water partition coefficient (Wildman–Crippen LogP) is 4.16. The molecule has 0 saturated carbocycles. The Balaban J connectivity index is 3.56. The van der Waals surface area contributed by atoms with Crippen LogP contribution in [-0.4, -0.2) is 55.2 Å². The molecule has 0 aliphatic carbocycles. The Labute approximate surface area is 178 Å². The molecule has 0 N–H and O–H groups in total. The van der Waals surface area contributed by atoms with Crippen molar-refractivity contribution >= 4 is 35.3 Å². The van der Waals surface area contributed by atoms with Gasteiger partial charge in [-0.15, -0.1) is 0 Å². The Morgan fingerprint density at radius 3 is 2.34 bits per heavy atom. The highest BCUT2D eigenvalue weighted by atomic mass is 35.5. The van der Waals surface area contributed by atoms with Crippen molar-refractivity contribution in [2.45, 2.75) is 33.1 Å². The molecule has 9 nitrogen and oxygen atoms in total. The van der Waals surface area contributed by atoms with Crippen molar-refractivity contribution < 1.29 is 28.7 Å². The van der Waals surface area contributed by atoms with E-state index in [-0.39, 0.29) is 40.1 Å². The third-order valence-corrected chi connectivity index (χ3v) is 4.90. The number of carbonyl (C=O) groups excluding carboxylic acids is 2. The van der Waals surface area contributed by atoms with E-state index in [0.29, 0.717) is 13.1 Å². The Kier molecular flexibility index (Phi) is 9.97. The molecular weight excluding hydrogens is 427 g/mol. The number of carbonyl (C=O) groups is 2. The van der Waals surface area contributed by atoms with Crippen molar-refractivity contribution in [3.8, 4) is 11.5 Å². The first-order chi connectivity index (χ1) is 13.7. The molecule has 29 heavy (non-hydrogen) atoms. The van der Waals surface area contributed by atoms with Crippen molar-refractivity contribution in [3.05, 3.63) is 31.8 Å². The Morgan fingerprint density at radius 1 is 1.24 bits per heavy atom. The lowest BCUT2D eigenvalue weighted by atomic mass is 9.94. The number of ether oxygens (including phenoxy) is 3. The lowest BCUT2D eigenvalue weighted by Gasteiger charge is -2.23. The Bertz CT molecular complexity index is 754. The number of hydrogen-bond donors (Lipinski definition) is 0. The highest BCUT2D eigenvalue weighted by Gasteiger charge is 2.32. The van der Waals surface area contributed by atoms with Gasteiger partial charge in [0.25, 0.3) is 0 Å². The van der Waals surface area contributed by atoms with Gasteiger partial charge >= 0.3 is 12.1 Å². The zero-order chi connectivity index (χ0) is 22.1. The number of hydrogen-bond acceptors (Lipinski definition) is 7. The molecule has 0 aliphatic rings. The van der Waals surface area contributed by atoms with Gasteiger partial charge in [-0.05, 0) is 20.8 Å². The van der Waals surface area contributed by atoms with Gasteiger partial charge in [-0.1, -0.05) is 23.2 Å². The average molecular weight is 451 g/mol. The number of esters is 1. The lowest BCUT2D eigenvalue weighted by Crippen LogP contribution is -2.33. The van der Waals surface area contributed by atoms with Crippen LogP contribution in [0.2, 0.25) is 10.0 Å². The molecule has 0 aliphatic heterocycles. The van der Waals surface area contributed by atoms with Crippen molar-refractivity contribution in [2.24, 2.45) is 0 Å². The van der Waals surface area contributed by atoms with Gasteiger partial charge < -0.3 is 19.1 Å². The van der Waals surface area contributed by atoms with Crippen LogP contribution in [0.25, 0.3) is 0 Å². The summed E-state index contributed by atoms with van der Waals surface area (Å²) in [5, 5.41) is 11.2. The monoisotopic (exact) mass is 450 g/mol. The minimum Gasteiger partial charge on any atom is -0.493 e. The van der Waals surface area contributed by atoms with Crippen molar-refractivity contribution in [2.75, 3.05) is 33.4 Å². The van der Waals surface area contributed by atoms with E-state index in [1.54, 1.807) is 20.8 Å². The van der Waals surface area contributed by atoms with Gasteiger partial charge in [0.2, 0.25) is 6.54 Å². The van der Waals surface area contributed by atoms with E-state index in [9.17, 15) is 19.7 Å². The summed E-state index contributed by atoms with van der Waals surface area (Å²) < 4.78 is 15.7. The van der Waals surface area contributed by atoms with Crippen LogP contribution in [-0.2, 0) is 9.53 Å². The van der Waals surface area contributed by atoms with Crippen LogP contribution in [0, 0.1) is 10.1 Å². The Morgan fingerprint density at radius 2 is 1.86 bits per heavy atom. The van der Waals surface area contributed by atoms with E-state index < -0.39 is 29.4 Å². The molecule has 1 rings (SSSR count). The van der Waals surface area contributed by atoms with Crippen LogP contribution in [0.3, 0.4) is 0 Å². The van der Waals surface area contributed by atoms with Crippen LogP contribution < -0.4 is 9.47 Å². The summed E-state index contributed by atoms with van der Waals surface area (Å²) in [5.74, 6) is -1.76. The summed E-state index contributed by atoms with van der Waals surface area (Å²) in [6.45, 7) is 5.39. The van der Waals surface area contributed by atoms with Gasteiger partial charge in [0.1, 0.15) is 0 Å². The highest BCUT2D eigenvalue weighted by molar-refractivity contribution is 6.42. The number of rotatable bonds is 10. The predicted molar refractivity (Wildman–Crippen MR) is 108 cm³/mol.